The number of nitriles is 1. The Kier molecular flexibility index (Phi) is 9.04. The van der Waals surface area contributed by atoms with E-state index in [0.29, 0.717) is 36.3 Å². The lowest BCUT2D eigenvalue weighted by molar-refractivity contribution is -0.224. The number of alkyl halides is 1. The van der Waals surface area contributed by atoms with E-state index < -0.39 is 58.6 Å². The predicted molar refractivity (Wildman–Crippen MR) is 187 cm³/mol. The lowest BCUT2D eigenvalue weighted by atomic mass is 9.45. The molecule has 7 rings (SSSR count). The van der Waals surface area contributed by atoms with Crippen molar-refractivity contribution in [2.75, 3.05) is 6.61 Å². The first kappa shape index (κ1) is 35.1. The predicted octanol–water partition coefficient (Wildman–Crippen LogP) is 7.39. The molecule has 7 atom stereocenters. The summed E-state index contributed by atoms with van der Waals surface area (Å²) in [6, 6.07) is 25.0. The van der Waals surface area contributed by atoms with Crippen molar-refractivity contribution < 1.29 is 42.8 Å². The quantitative estimate of drug-likeness (QED) is 0.226. The van der Waals surface area contributed by atoms with Crippen LogP contribution in [0.3, 0.4) is 0 Å². The Morgan fingerprint density at radius 2 is 1.71 bits per heavy atom. The maximum absolute atomic E-state index is 17.7. The smallest absolute Gasteiger partial charge is 0.352 e. The van der Waals surface area contributed by atoms with Crippen molar-refractivity contribution in [1.82, 2.24) is 0 Å². The molecule has 10 heteroatoms. The Bertz CT molecular complexity index is 1990. The number of para-hydroxylation sites is 1. The molecule has 3 saturated carbocycles. The van der Waals surface area contributed by atoms with Gasteiger partial charge in [0.05, 0.1) is 11.7 Å². The van der Waals surface area contributed by atoms with Crippen molar-refractivity contribution in [1.29, 1.82) is 5.26 Å². The largest absolute Gasteiger partial charge is 0.485 e. The fourth-order valence-electron chi connectivity index (χ4n) is 9.36. The van der Waals surface area contributed by atoms with E-state index in [4.69, 9.17) is 18.9 Å². The summed E-state index contributed by atoms with van der Waals surface area (Å²) in [5.41, 5.74) is -4.98. The Balaban J connectivity index is 1.23. The maximum Gasteiger partial charge on any atom is 0.352 e. The highest BCUT2D eigenvalue weighted by Gasteiger charge is 2.76. The molecular formula is C42H40FNO8. The van der Waals surface area contributed by atoms with Gasteiger partial charge in [-0.1, -0.05) is 67.1 Å². The standard InChI is InChI=1S/C42H40FNO8/c1-39-19-17-30(45)24-29(39)14-15-33-32-18-20-41(38(48)49-22-21-44,40(32,2)25-36(46)42(33,39)43)52-37(47)28-13-16-34(51-31-11-7-4-8-12-31)35(23-28)50-26-27-9-5-3-6-10-27/h3-13,16-17,19,23-24,32-33,36,46H,14-15,18,20,22,25-26H2,1-2H3/t32-,33-,36-,39-,40-,41+,42?/m0/s1. The number of allylic oxidation sites excluding steroid dienone is 4. The molecule has 1 N–H and O–H groups in total. The number of carbonyl (C=O) groups excluding carboxylic acids is 3. The molecule has 4 aliphatic rings. The van der Waals surface area contributed by atoms with Gasteiger partial charge >= 0.3 is 11.9 Å². The van der Waals surface area contributed by atoms with Gasteiger partial charge in [-0.15, -0.1) is 0 Å². The van der Waals surface area contributed by atoms with Crippen molar-refractivity contribution in [2.45, 2.75) is 69.9 Å². The molecular weight excluding hydrogens is 665 g/mol. The number of aliphatic hydroxyl groups excluding tert-OH is 1. The van der Waals surface area contributed by atoms with Crippen molar-refractivity contribution in [3.8, 4) is 23.3 Å². The summed E-state index contributed by atoms with van der Waals surface area (Å²) >= 11 is 0. The lowest BCUT2D eigenvalue weighted by Crippen LogP contribution is -2.69. The highest BCUT2D eigenvalue weighted by atomic mass is 19.1. The Morgan fingerprint density at radius 3 is 2.44 bits per heavy atom. The van der Waals surface area contributed by atoms with Gasteiger partial charge in [0.1, 0.15) is 18.4 Å². The van der Waals surface area contributed by atoms with E-state index in [-0.39, 0.29) is 36.5 Å². The number of rotatable bonds is 9. The van der Waals surface area contributed by atoms with E-state index in [2.05, 4.69) is 0 Å². The third-order valence-electron chi connectivity index (χ3n) is 12.0. The van der Waals surface area contributed by atoms with Crippen LogP contribution in [0.25, 0.3) is 0 Å². The molecule has 1 unspecified atom stereocenters. The summed E-state index contributed by atoms with van der Waals surface area (Å²) in [6.45, 7) is 3.06. The van der Waals surface area contributed by atoms with E-state index >= 15 is 4.39 Å². The van der Waals surface area contributed by atoms with Crippen molar-refractivity contribution in [2.24, 2.45) is 22.7 Å². The Morgan fingerprint density at radius 1 is 0.981 bits per heavy atom. The number of halogens is 1. The van der Waals surface area contributed by atoms with Crippen molar-refractivity contribution in [3.05, 3.63) is 114 Å². The van der Waals surface area contributed by atoms with Crippen LogP contribution in [0.2, 0.25) is 0 Å². The van der Waals surface area contributed by atoms with Gasteiger partial charge in [-0.2, -0.15) is 5.26 Å². The third-order valence-corrected chi connectivity index (χ3v) is 12.0. The van der Waals surface area contributed by atoms with Crippen molar-refractivity contribution >= 4 is 17.7 Å². The zero-order chi connectivity index (χ0) is 36.7. The first-order valence-corrected chi connectivity index (χ1v) is 17.6. The van der Waals surface area contributed by atoms with Crippen LogP contribution in [0.15, 0.2) is 103 Å². The zero-order valence-corrected chi connectivity index (χ0v) is 29.0. The van der Waals surface area contributed by atoms with Crippen LogP contribution in [0, 0.1) is 34.0 Å². The second kappa shape index (κ2) is 13.4. The minimum absolute atomic E-state index is 0.00374. The van der Waals surface area contributed by atoms with E-state index in [1.54, 1.807) is 44.2 Å². The normalized spacial score (nSPS) is 31.6. The summed E-state index contributed by atoms with van der Waals surface area (Å²) in [5.74, 6) is -2.05. The van der Waals surface area contributed by atoms with Crippen molar-refractivity contribution in [3.63, 3.8) is 0 Å². The summed E-state index contributed by atoms with van der Waals surface area (Å²) in [6.07, 6.45) is 3.67. The average Bonchev–Trinajstić information content (AvgIpc) is 3.43. The number of ketones is 1. The molecule has 3 fully saturated rings. The monoisotopic (exact) mass is 705 g/mol. The van der Waals surface area contributed by atoms with Gasteiger partial charge in [0.25, 0.3) is 0 Å². The summed E-state index contributed by atoms with van der Waals surface area (Å²) in [5, 5.41) is 21.1. The van der Waals surface area contributed by atoms with E-state index in [1.807, 2.05) is 48.5 Å². The SMILES string of the molecule is C[C@]12C=CC(=O)C=C1CC[C@H]1[C@@H]3CC[C@@](OC(=O)c4ccc(Oc5ccccc5)c(OCc5ccccc5)c4)(C(=O)OCC#N)[C@@]3(C)C[C@H](O)C12F. The lowest BCUT2D eigenvalue weighted by Gasteiger charge is -2.62. The van der Waals surface area contributed by atoms with Crippen LogP contribution in [0.5, 0.6) is 17.2 Å². The van der Waals surface area contributed by atoms with Gasteiger partial charge in [-0.3, -0.25) is 4.79 Å². The maximum atomic E-state index is 17.7. The van der Waals surface area contributed by atoms with Crippen LogP contribution >= 0.6 is 0 Å². The molecule has 0 radical (unpaired) electrons. The van der Waals surface area contributed by atoms with Gasteiger partial charge in [-0.05, 0) is 93.0 Å². The number of carbonyl (C=O) groups is 3. The topological polar surface area (TPSA) is 132 Å². The molecule has 3 aromatic rings. The molecule has 4 aliphatic carbocycles. The van der Waals surface area contributed by atoms with E-state index in [9.17, 15) is 24.8 Å². The van der Waals surface area contributed by atoms with Gasteiger partial charge in [0.2, 0.25) is 5.60 Å². The Hall–Kier alpha value is -5.27. The molecule has 0 amide bonds. The second-order valence-corrected chi connectivity index (χ2v) is 14.6. The summed E-state index contributed by atoms with van der Waals surface area (Å²) in [4.78, 5) is 40.5. The van der Waals surface area contributed by atoms with Crippen LogP contribution in [-0.4, -0.2) is 46.8 Å². The number of hydrogen-bond donors (Lipinski definition) is 1. The first-order chi connectivity index (χ1) is 24.9. The number of esters is 2. The minimum Gasteiger partial charge on any atom is -0.485 e. The summed E-state index contributed by atoms with van der Waals surface area (Å²) in [7, 11) is 0. The van der Waals surface area contributed by atoms with Crippen LogP contribution in [0.4, 0.5) is 4.39 Å². The number of hydrogen-bond acceptors (Lipinski definition) is 9. The number of benzene rings is 3. The fourth-order valence-corrected chi connectivity index (χ4v) is 9.36. The number of nitrogens with zero attached hydrogens (tertiary/aromatic N) is 1. The van der Waals surface area contributed by atoms with E-state index in [0.717, 1.165) is 5.56 Å². The molecule has 0 aromatic heterocycles. The van der Waals surface area contributed by atoms with Gasteiger partial charge < -0.3 is 24.1 Å². The summed E-state index contributed by atoms with van der Waals surface area (Å²) < 4.78 is 41.7. The fraction of sp³-hybridized carbons (Fsp3) is 0.381. The Labute approximate surface area is 301 Å². The zero-order valence-electron chi connectivity index (χ0n) is 29.0. The highest BCUT2D eigenvalue weighted by Crippen LogP contribution is 2.70. The number of ether oxygens (including phenoxy) is 4. The van der Waals surface area contributed by atoms with Crippen LogP contribution < -0.4 is 9.47 Å². The molecule has 3 aromatic carbocycles. The molecule has 9 nitrogen and oxygen atoms in total. The molecule has 52 heavy (non-hydrogen) atoms. The molecule has 0 aliphatic heterocycles. The third kappa shape index (κ3) is 5.59. The van der Waals surface area contributed by atoms with E-state index in [1.165, 1.54) is 24.3 Å². The highest BCUT2D eigenvalue weighted by molar-refractivity contribution is 6.01. The van der Waals surface area contributed by atoms with Crippen LogP contribution in [-0.2, 0) is 25.7 Å². The molecule has 0 saturated heterocycles. The molecule has 268 valence electrons. The molecule has 0 bridgehead atoms. The van der Waals surface area contributed by atoms with Gasteiger partial charge in [0, 0.05) is 16.7 Å². The average molecular weight is 706 g/mol. The number of aliphatic hydroxyl groups is 1. The second-order valence-electron chi connectivity index (χ2n) is 14.6. The minimum atomic E-state index is -2.14. The number of fused-ring (bicyclic) bond motifs is 5. The molecule has 0 spiro atoms. The van der Waals surface area contributed by atoms with Gasteiger partial charge in [0.15, 0.2) is 29.6 Å². The van der Waals surface area contributed by atoms with Crippen LogP contribution in [0.1, 0.15) is 61.9 Å². The first-order valence-electron chi connectivity index (χ1n) is 17.6. The van der Waals surface area contributed by atoms with Gasteiger partial charge in [-0.25, -0.2) is 14.0 Å². The molecule has 0 heterocycles.